The number of aliphatic imine (C=N–C) groups is 1. The molecule has 3 heterocycles. The first-order chi connectivity index (χ1) is 11.2. The van der Waals surface area contributed by atoms with Crippen LogP contribution in [0.25, 0.3) is 23.0 Å². The second-order valence-electron chi connectivity index (χ2n) is 5.42. The number of aromatic nitrogens is 3. The number of hydrogen-bond donors (Lipinski definition) is 2. The molecule has 0 atom stereocenters. The molecule has 5 heteroatoms. The van der Waals surface area contributed by atoms with E-state index in [1.54, 1.807) is 12.4 Å². The van der Waals surface area contributed by atoms with Crippen molar-refractivity contribution in [3.05, 3.63) is 59.4 Å². The van der Waals surface area contributed by atoms with E-state index in [2.05, 4.69) is 19.9 Å². The van der Waals surface area contributed by atoms with E-state index >= 15 is 0 Å². The summed E-state index contributed by atoms with van der Waals surface area (Å²) in [5.74, 6) is 1.30. The van der Waals surface area contributed by atoms with Crippen molar-refractivity contribution in [2.24, 2.45) is 4.99 Å². The van der Waals surface area contributed by atoms with Gasteiger partial charge in [-0.25, -0.2) is 9.98 Å². The van der Waals surface area contributed by atoms with Gasteiger partial charge in [-0.2, -0.15) is 4.98 Å². The molecule has 3 aromatic rings. The number of imidazole rings is 1. The Morgan fingerprint density at radius 2 is 1.96 bits per heavy atom. The lowest BCUT2D eigenvalue weighted by Crippen LogP contribution is -1.83. The standard InChI is InChI=1S/C18H14N4O/c1-11-4-6-12(7-5-11)16-21-15(18(23)22-16)9-13-10-20-17-14(13)3-2-8-19-17/h2-10,23H,1H3,(H,21,22). The first-order valence-corrected chi connectivity index (χ1v) is 7.28. The molecule has 0 amide bonds. The molecule has 0 spiro atoms. The number of aromatic hydroxyl groups is 1. The lowest BCUT2D eigenvalue weighted by molar-refractivity contribution is 0.455. The van der Waals surface area contributed by atoms with Crippen LogP contribution in [-0.2, 0) is 0 Å². The highest BCUT2D eigenvalue weighted by molar-refractivity contribution is 6.20. The van der Waals surface area contributed by atoms with Gasteiger partial charge in [0.1, 0.15) is 11.5 Å². The molecular weight excluding hydrogens is 288 g/mol. The second kappa shape index (κ2) is 5.21. The van der Waals surface area contributed by atoms with E-state index in [1.165, 1.54) is 5.56 Å². The molecule has 0 saturated heterocycles. The SMILES string of the molecule is Cc1ccc(-c2nc(O)c(C=C3C=Nc4ncccc43)[nH]2)cc1. The fourth-order valence-corrected chi connectivity index (χ4v) is 2.52. The third kappa shape index (κ3) is 2.42. The van der Waals surface area contributed by atoms with Gasteiger partial charge in [-0.15, -0.1) is 0 Å². The fourth-order valence-electron chi connectivity index (χ4n) is 2.52. The molecule has 23 heavy (non-hydrogen) atoms. The number of aromatic amines is 1. The van der Waals surface area contributed by atoms with Gasteiger partial charge in [0.05, 0.1) is 0 Å². The van der Waals surface area contributed by atoms with Crippen LogP contribution in [0.1, 0.15) is 16.8 Å². The number of aryl methyl sites for hydroxylation is 1. The van der Waals surface area contributed by atoms with Crippen molar-refractivity contribution in [1.82, 2.24) is 15.0 Å². The molecule has 0 fully saturated rings. The number of benzene rings is 1. The first-order valence-electron chi connectivity index (χ1n) is 7.28. The Morgan fingerprint density at radius 1 is 1.13 bits per heavy atom. The van der Waals surface area contributed by atoms with Crippen LogP contribution in [0.5, 0.6) is 5.88 Å². The summed E-state index contributed by atoms with van der Waals surface area (Å²) in [5, 5.41) is 10.1. The summed E-state index contributed by atoms with van der Waals surface area (Å²) in [7, 11) is 0. The van der Waals surface area contributed by atoms with Gasteiger partial charge in [-0.1, -0.05) is 29.8 Å². The molecular formula is C18H14N4O. The monoisotopic (exact) mass is 302 g/mol. The topological polar surface area (TPSA) is 74.2 Å². The van der Waals surface area contributed by atoms with E-state index in [-0.39, 0.29) is 5.88 Å². The van der Waals surface area contributed by atoms with Crippen LogP contribution in [0.4, 0.5) is 5.82 Å². The van der Waals surface area contributed by atoms with Crippen molar-refractivity contribution in [2.45, 2.75) is 6.92 Å². The van der Waals surface area contributed by atoms with Crippen LogP contribution in [0.3, 0.4) is 0 Å². The maximum Gasteiger partial charge on any atom is 0.237 e. The van der Waals surface area contributed by atoms with Gasteiger partial charge in [-0.05, 0) is 25.1 Å². The molecule has 1 aliphatic heterocycles. The minimum atomic E-state index is -0.0289. The number of H-pyrrole nitrogens is 1. The van der Waals surface area contributed by atoms with Crippen molar-refractivity contribution in [3.63, 3.8) is 0 Å². The molecule has 1 aliphatic rings. The molecule has 0 bridgehead atoms. The third-order valence-corrected chi connectivity index (χ3v) is 3.76. The average Bonchev–Trinajstić information content (AvgIpc) is 3.13. The van der Waals surface area contributed by atoms with Gasteiger partial charge in [0, 0.05) is 29.1 Å². The molecule has 2 aromatic heterocycles. The van der Waals surface area contributed by atoms with Crippen LogP contribution in [0.15, 0.2) is 47.6 Å². The van der Waals surface area contributed by atoms with Gasteiger partial charge in [0.2, 0.25) is 5.88 Å². The summed E-state index contributed by atoms with van der Waals surface area (Å²) >= 11 is 0. The Balaban J connectivity index is 1.73. The third-order valence-electron chi connectivity index (χ3n) is 3.76. The predicted molar refractivity (Wildman–Crippen MR) is 90.7 cm³/mol. The minimum Gasteiger partial charge on any atom is -0.492 e. The largest absolute Gasteiger partial charge is 0.492 e. The summed E-state index contributed by atoms with van der Waals surface area (Å²) in [6.07, 6.45) is 5.28. The number of fused-ring (bicyclic) bond motifs is 1. The molecule has 5 nitrogen and oxygen atoms in total. The van der Waals surface area contributed by atoms with Gasteiger partial charge in [0.15, 0.2) is 5.82 Å². The van der Waals surface area contributed by atoms with Crippen LogP contribution in [-0.4, -0.2) is 26.3 Å². The van der Waals surface area contributed by atoms with Gasteiger partial charge in [-0.3, -0.25) is 0 Å². The lowest BCUT2D eigenvalue weighted by Gasteiger charge is -1.98. The summed E-state index contributed by atoms with van der Waals surface area (Å²) < 4.78 is 0. The normalized spacial score (nSPS) is 14.4. The molecule has 4 rings (SSSR count). The quantitative estimate of drug-likeness (QED) is 0.757. The summed E-state index contributed by atoms with van der Waals surface area (Å²) in [6.45, 7) is 2.03. The van der Waals surface area contributed by atoms with Crippen molar-refractivity contribution in [3.8, 4) is 17.3 Å². The number of allylic oxidation sites excluding steroid dienone is 1. The Labute approximate surface area is 133 Å². The molecule has 2 N–H and O–H groups in total. The van der Waals surface area contributed by atoms with Gasteiger partial charge < -0.3 is 10.1 Å². The average molecular weight is 302 g/mol. The maximum absolute atomic E-state index is 10.1. The van der Waals surface area contributed by atoms with E-state index in [4.69, 9.17) is 0 Å². The van der Waals surface area contributed by atoms with Gasteiger partial charge >= 0.3 is 0 Å². The zero-order valence-corrected chi connectivity index (χ0v) is 12.5. The Kier molecular flexibility index (Phi) is 3.05. The summed E-state index contributed by atoms with van der Waals surface area (Å²) in [4.78, 5) is 15.8. The lowest BCUT2D eigenvalue weighted by atomic mass is 10.1. The maximum atomic E-state index is 10.1. The number of nitrogens with one attached hydrogen (secondary N) is 1. The van der Waals surface area contributed by atoms with Crippen LogP contribution in [0, 0.1) is 6.92 Å². The van der Waals surface area contributed by atoms with Crippen molar-refractivity contribution in [1.29, 1.82) is 0 Å². The number of rotatable bonds is 2. The highest BCUT2D eigenvalue weighted by Crippen LogP contribution is 2.32. The summed E-state index contributed by atoms with van der Waals surface area (Å²) in [5.41, 5.74) is 4.50. The fraction of sp³-hybridized carbons (Fsp3) is 0.0556. The highest BCUT2D eigenvalue weighted by Gasteiger charge is 2.15. The molecule has 0 aliphatic carbocycles. The van der Waals surface area contributed by atoms with Crippen LogP contribution in [0.2, 0.25) is 0 Å². The first kappa shape index (κ1) is 13.5. The second-order valence-corrected chi connectivity index (χ2v) is 5.42. The number of hydrogen-bond acceptors (Lipinski definition) is 4. The van der Waals surface area contributed by atoms with E-state index in [9.17, 15) is 5.11 Å². The van der Waals surface area contributed by atoms with Gasteiger partial charge in [0.25, 0.3) is 0 Å². The summed E-state index contributed by atoms with van der Waals surface area (Å²) in [6, 6.07) is 11.8. The molecule has 0 radical (unpaired) electrons. The van der Waals surface area contributed by atoms with E-state index < -0.39 is 0 Å². The molecule has 0 unspecified atom stereocenters. The molecule has 112 valence electrons. The van der Waals surface area contributed by atoms with Crippen LogP contribution >= 0.6 is 0 Å². The minimum absolute atomic E-state index is 0.0289. The zero-order valence-electron chi connectivity index (χ0n) is 12.5. The Hall–Kier alpha value is -3.21. The number of nitrogens with zero attached hydrogens (tertiary/aromatic N) is 3. The van der Waals surface area contributed by atoms with E-state index in [0.29, 0.717) is 17.3 Å². The molecule has 1 aromatic carbocycles. The smallest absolute Gasteiger partial charge is 0.237 e. The van der Waals surface area contributed by atoms with Crippen molar-refractivity contribution >= 4 is 23.7 Å². The molecule has 0 saturated carbocycles. The van der Waals surface area contributed by atoms with Crippen LogP contribution < -0.4 is 0 Å². The number of pyridine rings is 1. The Morgan fingerprint density at radius 3 is 2.78 bits per heavy atom. The van der Waals surface area contributed by atoms with Crippen molar-refractivity contribution < 1.29 is 5.11 Å². The van der Waals surface area contributed by atoms with E-state index in [0.717, 1.165) is 16.7 Å². The predicted octanol–water partition coefficient (Wildman–Crippen LogP) is 3.74. The van der Waals surface area contributed by atoms with E-state index in [1.807, 2.05) is 49.4 Å². The van der Waals surface area contributed by atoms with Crippen molar-refractivity contribution in [2.75, 3.05) is 0 Å². The Bertz CT molecular complexity index is 936. The zero-order chi connectivity index (χ0) is 15.8. The highest BCUT2D eigenvalue weighted by atomic mass is 16.3.